The standard InChI is InChI=1S/C15H19F3O9S/c1-13(2,3)12(20)25-10-9(27-28(21,22)15(16,17)18)8(24-11(10)19)7-6-23-14(4,5)26-7/h7-8H,6H2,1-5H3/t7-,8+/m0/s1. The summed E-state index contributed by atoms with van der Waals surface area (Å²) in [5.74, 6) is -5.79. The van der Waals surface area contributed by atoms with Crippen molar-refractivity contribution in [3.8, 4) is 0 Å². The van der Waals surface area contributed by atoms with Gasteiger partial charge in [-0.05, 0) is 34.6 Å². The smallest absolute Gasteiger partial charge is 0.445 e. The zero-order chi connectivity index (χ0) is 21.7. The van der Waals surface area contributed by atoms with Crippen molar-refractivity contribution in [2.24, 2.45) is 5.41 Å². The van der Waals surface area contributed by atoms with E-state index in [1.807, 2.05) is 0 Å². The van der Waals surface area contributed by atoms with Crippen LogP contribution in [0.15, 0.2) is 11.5 Å². The maximum atomic E-state index is 12.8. The quantitative estimate of drug-likeness (QED) is 0.372. The van der Waals surface area contributed by atoms with E-state index in [1.165, 1.54) is 34.6 Å². The Bertz CT molecular complexity index is 806. The molecule has 0 aliphatic carbocycles. The van der Waals surface area contributed by atoms with Crippen LogP contribution in [0.4, 0.5) is 13.2 Å². The zero-order valence-electron chi connectivity index (χ0n) is 15.6. The largest absolute Gasteiger partial charge is 0.534 e. The lowest BCUT2D eigenvalue weighted by molar-refractivity contribution is -0.164. The number of carbonyl (C=O) groups excluding carboxylic acids is 2. The van der Waals surface area contributed by atoms with Crippen LogP contribution in [-0.2, 0) is 42.8 Å². The van der Waals surface area contributed by atoms with E-state index in [4.69, 9.17) is 18.9 Å². The SMILES string of the molecule is CC1(C)OC[C@@H]([C@H]2OC(=O)C(OC(=O)C(C)(C)C)=C2OS(=O)(=O)C(F)(F)F)O1. The molecule has 2 rings (SSSR count). The molecule has 1 fully saturated rings. The first kappa shape index (κ1) is 22.4. The summed E-state index contributed by atoms with van der Waals surface area (Å²) in [4.78, 5) is 24.2. The summed E-state index contributed by atoms with van der Waals surface area (Å²) in [5.41, 5.74) is -6.95. The Morgan fingerprint density at radius 3 is 2.21 bits per heavy atom. The number of esters is 2. The summed E-state index contributed by atoms with van der Waals surface area (Å²) in [6.45, 7) is 6.97. The van der Waals surface area contributed by atoms with Gasteiger partial charge in [0.2, 0.25) is 5.76 Å². The molecule has 13 heteroatoms. The molecule has 2 atom stereocenters. The minimum Gasteiger partial charge on any atom is -0.445 e. The van der Waals surface area contributed by atoms with Crippen molar-refractivity contribution in [1.29, 1.82) is 0 Å². The van der Waals surface area contributed by atoms with Gasteiger partial charge in [0.05, 0.1) is 12.0 Å². The van der Waals surface area contributed by atoms with E-state index in [2.05, 4.69) is 4.18 Å². The molecule has 0 N–H and O–H groups in total. The highest BCUT2D eigenvalue weighted by Gasteiger charge is 2.55. The molecule has 160 valence electrons. The number of cyclic esters (lactones) is 1. The molecule has 0 aromatic carbocycles. The highest BCUT2D eigenvalue weighted by molar-refractivity contribution is 7.87. The number of alkyl halides is 3. The first-order valence-corrected chi connectivity index (χ1v) is 9.35. The second kappa shape index (κ2) is 6.88. The molecule has 0 amide bonds. The Balaban J connectivity index is 2.47. The van der Waals surface area contributed by atoms with Crippen LogP contribution < -0.4 is 0 Å². The summed E-state index contributed by atoms with van der Waals surface area (Å²) in [5, 5.41) is 0. The molecule has 0 aromatic rings. The molecule has 0 aromatic heterocycles. The van der Waals surface area contributed by atoms with Gasteiger partial charge in [0, 0.05) is 0 Å². The monoisotopic (exact) mass is 432 g/mol. The molecular weight excluding hydrogens is 413 g/mol. The lowest BCUT2D eigenvalue weighted by Crippen LogP contribution is -2.35. The minimum atomic E-state index is -6.18. The normalized spacial score (nSPS) is 25.6. The van der Waals surface area contributed by atoms with Crippen LogP contribution in [0.1, 0.15) is 34.6 Å². The van der Waals surface area contributed by atoms with Crippen LogP contribution in [0.25, 0.3) is 0 Å². The van der Waals surface area contributed by atoms with Crippen LogP contribution in [0, 0.1) is 5.41 Å². The number of hydrogen-bond donors (Lipinski definition) is 0. The number of carbonyl (C=O) groups is 2. The minimum absolute atomic E-state index is 0.246. The summed E-state index contributed by atoms with van der Waals surface area (Å²) >= 11 is 0. The van der Waals surface area contributed by atoms with Gasteiger partial charge in [-0.15, -0.1) is 0 Å². The maximum Gasteiger partial charge on any atom is 0.534 e. The van der Waals surface area contributed by atoms with Gasteiger partial charge in [0.1, 0.15) is 6.10 Å². The summed E-state index contributed by atoms with van der Waals surface area (Å²) < 4.78 is 85.7. The first-order chi connectivity index (χ1) is 12.4. The molecule has 1 saturated heterocycles. The third-order valence-electron chi connectivity index (χ3n) is 3.56. The van der Waals surface area contributed by atoms with Crippen LogP contribution >= 0.6 is 0 Å². The first-order valence-electron chi connectivity index (χ1n) is 7.94. The Hall–Kier alpha value is -1.86. The van der Waals surface area contributed by atoms with Gasteiger partial charge in [0.25, 0.3) is 5.76 Å². The van der Waals surface area contributed by atoms with Gasteiger partial charge in [0.15, 0.2) is 11.9 Å². The van der Waals surface area contributed by atoms with Gasteiger partial charge in [-0.3, -0.25) is 4.79 Å². The van der Waals surface area contributed by atoms with E-state index in [0.29, 0.717) is 0 Å². The third kappa shape index (κ3) is 4.58. The molecule has 0 radical (unpaired) electrons. The summed E-state index contributed by atoms with van der Waals surface area (Å²) in [6, 6.07) is 0. The predicted molar refractivity (Wildman–Crippen MR) is 83.4 cm³/mol. The van der Waals surface area contributed by atoms with Crippen LogP contribution in [0.3, 0.4) is 0 Å². The van der Waals surface area contributed by atoms with Gasteiger partial charge in [-0.1, -0.05) is 0 Å². The number of ether oxygens (including phenoxy) is 4. The van der Waals surface area contributed by atoms with E-state index < -0.39 is 62.5 Å². The molecular formula is C15H19F3O9S. The van der Waals surface area contributed by atoms with Crippen LogP contribution in [-0.4, -0.2) is 50.5 Å². The Kier molecular flexibility index (Phi) is 5.51. The van der Waals surface area contributed by atoms with Crippen molar-refractivity contribution in [2.45, 2.75) is 58.1 Å². The molecule has 0 saturated carbocycles. The Labute approximate surface area is 158 Å². The molecule has 0 bridgehead atoms. The predicted octanol–water partition coefficient (Wildman–Crippen LogP) is 1.73. The van der Waals surface area contributed by atoms with E-state index in [-0.39, 0.29) is 6.61 Å². The number of rotatable bonds is 4. The van der Waals surface area contributed by atoms with E-state index in [0.717, 1.165) is 0 Å². The molecule has 28 heavy (non-hydrogen) atoms. The fourth-order valence-corrected chi connectivity index (χ4v) is 2.65. The molecule has 9 nitrogen and oxygen atoms in total. The summed E-state index contributed by atoms with van der Waals surface area (Å²) in [6.07, 6.45) is -2.92. The lowest BCUT2D eigenvalue weighted by Gasteiger charge is -2.22. The van der Waals surface area contributed by atoms with Crippen molar-refractivity contribution in [3.05, 3.63) is 11.5 Å². The molecule has 2 aliphatic heterocycles. The molecule has 2 heterocycles. The van der Waals surface area contributed by atoms with Gasteiger partial charge in [-0.2, -0.15) is 21.6 Å². The maximum absolute atomic E-state index is 12.8. The molecule has 2 aliphatic rings. The fourth-order valence-electron chi connectivity index (χ4n) is 2.15. The molecule has 0 spiro atoms. The van der Waals surface area contributed by atoms with Gasteiger partial charge >= 0.3 is 27.6 Å². The van der Waals surface area contributed by atoms with E-state index >= 15 is 0 Å². The van der Waals surface area contributed by atoms with Crippen LogP contribution in [0.2, 0.25) is 0 Å². The number of halogens is 3. The lowest BCUT2D eigenvalue weighted by atomic mass is 9.97. The van der Waals surface area contributed by atoms with Gasteiger partial charge < -0.3 is 23.1 Å². The average molecular weight is 432 g/mol. The van der Waals surface area contributed by atoms with E-state index in [1.54, 1.807) is 0 Å². The highest BCUT2D eigenvalue weighted by Crippen LogP contribution is 2.38. The fraction of sp³-hybridized carbons (Fsp3) is 0.733. The van der Waals surface area contributed by atoms with Gasteiger partial charge in [-0.25, -0.2) is 4.79 Å². The third-order valence-corrected chi connectivity index (χ3v) is 4.53. The average Bonchev–Trinajstić information content (AvgIpc) is 2.98. The topological polar surface area (TPSA) is 114 Å². The number of hydrogen-bond acceptors (Lipinski definition) is 9. The second-order valence-electron chi connectivity index (χ2n) is 7.51. The van der Waals surface area contributed by atoms with Crippen LogP contribution in [0.5, 0.6) is 0 Å². The van der Waals surface area contributed by atoms with Crippen molar-refractivity contribution in [2.75, 3.05) is 6.61 Å². The van der Waals surface area contributed by atoms with E-state index in [9.17, 15) is 31.2 Å². The zero-order valence-corrected chi connectivity index (χ0v) is 16.4. The highest BCUT2D eigenvalue weighted by atomic mass is 32.2. The Morgan fingerprint density at radius 1 is 1.21 bits per heavy atom. The summed E-state index contributed by atoms with van der Waals surface area (Å²) in [7, 11) is -6.18. The Morgan fingerprint density at radius 2 is 1.79 bits per heavy atom. The van der Waals surface area contributed by atoms with Crippen molar-refractivity contribution in [1.82, 2.24) is 0 Å². The second-order valence-corrected chi connectivity index (χ2v) is 9.05. The van der Waals surface area contributed by atoms with Crippen molar-refractivity contribution >= 4 is 22.1 Å². The van der Waals surface area contributed by atoms with Crippen molar-refractivity contribution in [3.63, 3.8) is 0 Å². The molecule has 0 unspecified atom stereocenters. The van der Waals surface area contributed by atoms with Crippen molar-refractivity contribution < 1.29 is 54.3 Å².